The number of halogens is 1. The minimum Gasteiger partial charge on any atom is -0.481 e. The molecule has 4 heteroatoms. The normalized spacial score (nSPS) is 10.8. The molecule has 0 amide bonds. The second-order valence-corrected chi connectivity index (χ2v) is 6.48. The SMILES string of the molecule is COc1nc2ccc(-c3cccnc3)cc2cc1Cc1ccccc1Cl. The van der Waals surface area contributed by atoms with Gasteiger partial charge in [0.15, 0.2) is 0 Å². The highest BCUT2D eigenvalue weighted by Gasteiger charge is 2.11. The predicted octanol–water partition coefficient (Wildman–Crippen LogP) is 5.55. The fraction of sp³-hybridized carbons (Fsp3) is 0.0909. The maximum atomic E-state index is 6.33. The van der Waals surface area contributed by atoms with E-state index in [2.05, 4.69) is 34.2 Å². The molecule has 0 spiro atoms. The van der Waals surface area contributed by atoms with Gasteiger partial charge < -0.3 is 4.74 Å². The van der Waals surface area contributed by atoms with E-state index < -0.39 is 0 Å². The summed E-state index contributed by atoms with van der Waals surface area (Å²) in [5, 5.41) is 1.81. The molecular weight excluding hydrogens is 344 g/mol. The quantitative estimate of drug-likeness (QED) is 0.478. The van der Waals surface area contributed by atoms with Gasteiger partial charge in [-0.2, -0.15) is 0 Å². The number of fused-ring (bicyclic) bond motifs is 1. The van der Waals surface area contributed by atoms with Crippen molar-refractivity contribution >= 4 is 22.5 Å². The number of benzene rings is 2. The average Bonchev–Trinajstić information content (AvgIpc) is 2.69. The molecule has 26 heavy (non-hydrogen) atoms. The van der Waals surface area contributed by atoms with Crippen LogP contribution in [0.2, 0.25) is 5.02 Å². The van der Waals surface area contributed by atoms with Crippen LogP contribution in [0.3, 0.4) is 0 Å². The van der Waals surface area contributed by atoms with Gasteiger partial charge in [-0.15, -0.1) is 0 Å². The summed E-state index contributed by atoms with van der Waals surface area (Å²) in [6.45, 7) is 0. The molecule has 0 atom stereocenters. The largest absolute Gasteiger partial charge is 0.481 e. The molecule has 0 radical (unpaired) electrons. The zero-order chi connectivity index (χ0) is 17.9. The van der Waals surface area contributed by atoms with Crippen LogP contribution >= 0.6 is 11.6 Å². The molecule has 4 aromatic rings. The lowest BCUT2D eigenvalue weighted by Gasteiger charge is -2.11. The Morgan fingerprint density at radius 3 is 2.58 bits per heavy atom. The van der Waals surface area contributed by atoms with Crippen molar-refractivity contribution in [2.75, 3.05) is 7.11 Å². The van der Waals surface area contributed by atoms with Gasteiger partial charge >= 0.3 is 0 Å². The summed E-state index contributed by atoms with van der Waals surface area (Å²) in [5.74, 6) is 0.631. The van der Waals surface area contributed by atoms with Crippen LogP contribution in [0.25, 0.3) is 22.0 Å². The van der Waals surface area contributed by atoms with Crippen molar-refractivity contribution in [2.45, 2.75) is 6.42 Å². The van der Waals surface area contributed by atoms with Gasteiger partial charge in [0.1, 0.15) is 0 Å². The summed E-state index contributed by atoms with van der Waals surface area (Å²) in [6.07, 6.45) is 4.31. The van der Waals surface area contributed by atoms with E-state index in [1.165, 1.54) is 0 Å². The molecule has 4 rings (SSSR count). The number of hydrogen-bond donors (Lipinski definition) is 0. The summed E-state index contributed by atoms with van der Waals surface area (Å²) < 4.78 is 5.52. The second kappa shape index (κ2) is 7.14. The number of ether oxygens (including phenoxy) is 1. The van der Waals surface area contributed by atoms with Crippen molar-refractivity contribution in [1.82, 2.24) is 9.97 Å². The van der Waals surface area contributed by atoms with Crippen LogP contribution in [-0.4, -0.2) is 17.1 Å². The van der Waals surface area contributed by atoms with Crippen molar-refractivity contribution in [1.29, 1.82) is 0 Å². The van der Waals surface area contributed by atoms with Gasteiger partial charge in [0.25, 0.3) is 0 Å². The van der Waals surface area contributed by atoms with E-state index in [9.17, 15) is 0 Å². The third-order valence-corrected chi connectivity index (χ3v) is 4.75. The molecule has 0 N–H and O–H groups in total. The minimum atomic E-state index is 0.631. The van der Waals surface area contributed by atoms with Crippen LogP contribution in [0.1, 0.15) is 11.1 Å². The topological polar surface area (TPSA) is 35.0 Å². The van der Waals surface area contributed by atoms with Crippen molar-refractivity contribution < 1.29 is 4.74 Å². The van der Waals surface area contributed by atoms with E-state index in [-0.39, 0.29) is 0 Å². The van der Waals surface area contributed by atoms with Crippen LogP contribution < -0.4 is 4.74 Å². The third-order valence-electron chi connectivity index (χ3n) is 4.38. The van der Waals surface area contributed by atoms with E-state index >= 15 is 0 Å². The zero-order valence-electron chi connectivity index (χ0n) is 14.3. The van der Waals surface area contributed by atoms with Crippen LogP contribution in [-0.2, 0) is 6.42 Å². The van der Waals surface area contributed by atoms with E-state index in [1.54, 1.807) is 13.3 Å². The van der Waals surface area contributed by atoms with Crippen LogP contribution in [0.4, 0.5) is 0 Å². The first-order valence-corrected chi connectivity index (χ1v) is 8.74. The molecule has 0 aliphatic carbocycles. The molecule has 0 saturated carbocycles. The monoisotopic (exact) mass is 360 g/mol. The first-order chi connectivity index (χ1) is 12.7. The fourth-order valence-corrected chi connectivity index (χ4v) is 3.27. The van der Waals surface area contributed by atoms with E-state index in [4.69, 9.17) is 16.3 Å². The van der Waals surface area contributed by atoms with Crippen molar-refractivity contribution in [3.05, 3.63) is 89.2 Å². The summed E-state index contributed by atoms with van der Waals surface area (Å²) in [6, 6.07) is 20.2. The molecular formula is C22H17ClN2O. The Morgan fingerprint density at radius 2 is 1.81 bits per heavy atom. The molecule has 2 aromatic heterocycles. The maximum absolute atomic E-state index is 6.33. The molecule has 2 aromatic carbocycles. The lowest BCUT2D eigenvalue weighted by molar-refractivity contribution is 0.395. The summed E-state index contributed by atoms with van der Waals surface area (Å²) >= 11 is 6.33. The number of methoxy groups -OCH3 is 1. The standard InChI is InChI=1S/C22H17ClN2O/c1-26-22-19(12-16-5-2-3-7-20(16)23)13-18-11-15(8-9-21(18)25-22)17-6-4-10-24-14-17/h2-11,13-14H,12H2,1H3. The molecule has 0 unspecified atom stereocenters. The Kier molecular flexibility index (Phi) is 4.55. The molecule has 128 valence electrons. The Hall–Kier alpha value is -2.91. The van der Waals surface area contributed by atoms with Gasteiger partial charge in [0.2, 0.25) is 5.88 Å². The van der Waals surface area contributed by atoms with Gasteiger partial charge in [-0.3, -0.25) is 4.98 Å². The number of pyridine rings is 2. The highest BCUT2D eigenvalue weighted by Crippen LogP contribution is 2.29. The first kappa shape index (κ1) is 16.6. The molecule has 0 bridgehead atoms. The third kappa shape index (κ3) is 3.26. The maximum Gasteiger partial charge on any atom is 0.217 e. The minimum absolute atomic E-state index is 0.631. The predicted molar refractivity (Wildman–Crippen MR) is 106 cm³/mol. The van der Waals surface area contributed by atoms with Gasteiger partial charge in [0, 0.05) is 40.4 Å². The molecule has 0 aliphatic heterocycles. The Labute approximate surface area is 157 Å². The van der Waals surface area contributed by atoms with Crippen molar-refractivity contribution in [3.8, 4) is 17.0 Å². The van der Waals surface area contributed by atoms with Gasteiger partial charge in [-0.1, -0.05) is 41.9 Å². The van der Waals surface area contributed by atoms with Gasteiger partial charge in [-0.05, 0) is 41.5 Å². The van der Waals surface area contributed by atoms with E-state index in [0.29, 0.717) is 12.3 Å². The summed E-state index contributed by atoms with van der Waals surface area (Å²) in [4.78, 5) is 8.87. The van der Waals surface area contributed by atoms with Gasteiger partial charge in [-0.25, -0.2) is 4.98 Å². The van der Waals surface area contributed by atoms with E-state index in [0.717, 1.165) is 38.2 Å². The zero-order valence-corrected chi connectivity index (χ0v) is 15.1. The number of nitrogens with zero attached hydrogens (tertiary/aromatic N) is 2. The van der Waals surface area contributed by atoms with Crippen LogP contribution in [0.15, 0.2) is 73.1 Å². The fourth-order valence-electron chi connectivity index (χ4n) is 3.07. The Bertz CT molecular complexity index is 1060. The van der Waals surface area contributed by atoms with Gasteiger partial charge in [0.05, 0.1) is 12.6 Å². The number of hydrogen-bond acceptors (Lipinski definition) is 3. The number of aromatic nitrogens is 2. The molecule has 0 fully saturated rings. The molecule has 0 aliphatic rings. The molecule has 2 heterocycles. The van der Waals surface area contributed by atoms with Crippen LogP contribution in [0.5, 0.6) is 5.88 Å². The second-order valence-electron chi connectivity index (χ2n) is 6.07. The lowest BCUT2D eigenvalue weighted by atomic mass is 10.0. The summed E-state index contributed by atoms with van der Waals surface area (Å²) in [7, 11) is 1.65. The number of rotatable bonds is 4. The highest BCUT2D eigenvalue weighted by molar-refractivity contribution is 6.31. The lowest BCUT2D eigenvalue weighted by Crippen LogP contribution is -1.98. The molecule has 0 saturated heterocycles. The average molecular weight is 361 g/mol. The van der Waals surface area contributed by atoms with E-state index in [1.807, 2.05) is 42.6 Å². The smallest absolute Gasteiger partial charge is 0.217 e. The van der Waals surface area contributed by atoms with Crippen LogP contribution in [0, 0.1) is 0 Å². The van der Waals surface area contributed by atoms with Crippen molar-refractivity contribution in [3.63, 3.8) is 0 Å². The molecule has 3 nitrogen and oxygen atoms in total. The Morgan fingerprint density at radius 1 is 0.923 bits per heavy atom. The highest BCUT2D eigenvalue weighted by atomic mass is 35.5. The Balaban J connectivity index is 1.80. The summed E-state index contributed by atoms with van der Waals surface area (Å²) in [5.41, 5.74) is 5.16. The van der Waals surface area contributed by atoms with Crippen molar-refractivity contribution in [2.24, 2.45) is 0 Å². The first-order valence-electron chi connectivity index (χ1n) is 8.36.